The number of hydrogen-bond donors (Lipinski definition) is 1. The summed E-state index contributed by atoms with van der Waals surface area (Å²) in [7, 11) is -0.675. The average molecular weight is 384 g/mol. The predicted octanol–water partition coefficient (Wildman–Crippen LogP) is 1.10. The fourth-order valence-corrected chi connectivity index (χ4v) is 4.23. The molecular formula is C17H24N2O6S. The lowest BCUT2D eigenvalue weighted by atomic mass is 9.98. The Kier molecular flexibility index (Phi) is 7.13. The van der Waals surface area contributed by atoms with E-state index in [0.717, 1.165) is 0 Å². The number of piperidine rings is 1. The van der Waals surface area contributed by atoms with E-state index in [1.807, 2.05) is 0 Å². The first kappa shape index (κ1) is 20.3. The lowest BCUT2D eigenvalue weighted by molar-refractivity contribution is -0.120. The number of esters is 1. The van der Waals surface area contributed by atoms with Crippen molar-refractivity contribution in [3.05, 3.63) is 29.8 Å². The number of nitrogens with zero attached hydrogens (tertiary/aromatic N) is 1. The number of amides is 1. The van der Waals surface area contributed by atoms with Crippen LogP contribution in [0.5, 0.6) is 0 Å². The van der Waals surface area contributed by atoms with Gasteiger partial charge in [-0.15, -0.1) is 0 Å². The number of carbonyl (C=O) groups excluding carboxylic acids is 2. The van der Waals surface area contributed by atoms with E-state index in [9.17, 15) is 18.0 Å². The van der Waals surface area contributed by atoms with Crippen molar-refractivity contribution in [3.8, 4) is 0 Å². The van der Waals surface area contributed by atoms with Gasteiger partial charge in [0.2, 0.25) is 15.9 Å². The fraction of sp³-hybridized carbons (Fsp3) is 0.529. The number of hydrogen-bond acceptors (Lipinski definition) is 6. The van der Waals surface area contributed by atoms with Gasteiger partial charge < -0.3 is 14.8 Å². The molecule has 0 saturated carbocycles. The Morgan fingerprint density at radius 2 is 1.92 bits per heavy atom. The highest BCUT2D eigenvalue weighted by Crippen LogP contribution is 2.21. The largest absolute Gasteiger partial charge is 0.465 e. The number of ether oxygens (including phenoxy) is 2. The second kappa shape index (κ2) is 9.11. The van der Waals surface area contributed by atoms with Gasteiger partial charge in [0.1, 0.15) is 0 Å². The van der Waals surface area contributed by atoms with E-state index in [1.165, 1.54) is 18.5 Å². The van der Waals surface area contributed by atoms with E-state index in [-0.39, 0.29) is 24.8 Å². The first-order valence-electron chi connectivity index (χ1n) is 8.33. The van der Waals surface area contributed by atoms with Crippen LogP contribution in [0.2, 0.25) is 0 Å². The summed E-state index contributed by atoms with van der Waals surface area (Å²) in [5.41, 5.74) is 0.931. The normalized spacial score (nSPS) is 18.3. The summed E-state index contributed by atoms with van der Waals surface area (Å²) in [5.74, 6) is -1.19. The first-order chi connectivity index (χ1) is 12.4. The highest BCUT2D eigenvalue weighted by molar-refractivity contribution is 7.89. The van der Waals surface area contributed by atoms with Gasteiger partial charge in [-0.1, -0.05) is 0 Å². The zero-order valence-corrected chi connectivity index (χ0v) is 15.8. The van der Waals surface area contributed by atoms with E-state index in [1.54, 1.807) is 24.3 Å². The Hall–Kier alpha value is -1.97. The molecule has 1 saturated heterocycles. The molecule has 0 bridgehead atoms. The lowest BCUT2D eigenvalue weighted by Gasteiger charge is -2.31. The number of benzene rings is 1. The van der Waals surface area contributed by atoms with E-state index in [0.29, 0.717) is 30.6 Å². The highest BCUT2D eigenvalue weighted by Gasteiger charge is 2.32. The van der Waals surface area contributed by atoms with Gasteiger partial charge in [-0.3, -0.25) is 4.79 Å². The number of anilines is 1. The summed E-state index contributed by atoms with van der Waals surface area (Å²) in [5, 5.41) is 2.77. The number of sulfonamides is 1. The molecule has 0 aliphatic carbocycles. The Labute approximate surface area is 153 Å². The standard InChI is InChI=1S/C17H24N2O6S/c1-24-10-11-26(22,23)19-9-3-4-14(12-19)16(20)18-15-7-5-13(6-8-15)17(21)25-2/h5-8,14H,3-4,9-12H2,1-2H3,(H,18,20). The van der Waals surface area contributed by atoms with Crippen LogP contribution in [-0.2, 0) is 24.3 Å². The molecule has 1 amide bonds. The SMILES string of the molecule is COCCS(=O)(=O)N1CCCC(C(=O)Nc2ccc(C(=O)OC)cc2)C1. The molecule has 0 aromatic heterocycles. The van der Waals surface area contributed by atoms with Gasteiger partial charge in [0.25, 0.3) is 0 Å². The summed E-state index contributed by atoms with van der Waals surface area (Å²) in [6.45, 7) is 0.712. The topological polar surface area (TPSA) is 102 Å². The Morgan fingerprint density at radius 3 is 2.54 bits per heavy atom. The fourth-order valence-electron chi connectivity index (χ4n) is 2.78. The van der Waals surface area contributed by atoms with Gasteiger partial charge >= 0.3 is 5.97 Å². The number of methoxy groups -OCH3 is 2. The average Bonchev–Trinajstić information content (AvgIpc) is 2.66. The van der Waals surface area contributed by atoms with Crippen molar-refractivity contribution in [2.24, 2.45) is 5.92 Å². The van der Waals surface area contributed by atoms with Crippen molar-refractivity contribution in [2.45, 2.75) is 12.8 Å². The van der Waals surface area contributed by atoms with E-state index >= 15 is 0 Å². The molecule has 1 aliphatic rings. The van der Waals surface area contributed by atoms with E-state index in [2.05, 4.69) is 10.1 Å². The van der Waals surface area contributed by atoms with Gasteiger partial charge in [0.15, 0.2) is 0 Å². The summed E-state index contributed by atoms with van der Waals surface area (Å²) >= 11 is 0. The predicted molar refractivity (Wildman–Crippen MR) is 96.4 cm³/mol. The summed E-state index contributed by atoms with van der Waals surface area (Å²) in [6.07, 6.45) is 1.26. The maximum absolute atomic E-state index is 12.5. The molecule has 1 N–H and O–H groups in total. The molecule has 0 spiro atoms. The van der Waals surface area contributed by atoms with Crippen LogP contribution in [-0.4, -0.2) is 64.3 Å². The summed E-state index contributed by atoms with van der Waals surface area (Å²) in [6, 6.07) is 6.34. The molecule has 26 heavy (non-hydrogen) atoms. The third kappa shape index (κ3) is 5.26. The van der Waals surface area contributed by atoms with Crippen LogP contribution in [0.25, 0.3) is 0 Å². The molecule has 144 valence electrons. The van der Waals surface area contributed by atoms with Crippen LogP contribution in [0.4, 0.5) is 5.69 Å². The van der Waals surface area contributed by atoms with Gasteiger partial charge in [0, 0.05) is 25.9 Å². The van der Waals surface area contributed by atoms with Crippen molar-refractivity contribution in [3.63, 3.8) is 0 Å². The lowest BCUT2D eigenvalue weighted by Crippen LogP contribution is -2.45. The van der Waals surface area contributed by atoms with Crippen LogP contribution in [0.15, 0.2) is 24.3 Å². The maximum atomic E-state index is 12.5. The Bertz CT molecular complexity index is 732. The van der Waals surface area contributed by atoms with Crippen molar-refractivity contribution >= 4 is 27.6 Å². The molecule has 1 heterocycles. The van der Waals surface area contributed by atoms with Gasteiger partial charge in [-0.05, 0) is 37.1 Å². The van der Waals surface area contributed by atoms with Crippen LogP contribution in [0.3, 0.4) is 0 Å². The van der Waals surface area contributed by atoms with E-state index in [4.69, 9.17) is 4.74 Å². The first-order valence-corrected chi connectivity index (χ1v) is 9.94. The van der Waals surface area contributed by atoms with Crippen molar-refractivity contribution < 1.29 is 27.5 Å². The van der Waals surface area contributed by atoms with Gasteiger partial charge in [-0.25, -0.2) is 17.5 Å². The van der Waals surface area contributed by atoms with Crippen molar-refractivity contribution in [1.82, 2.24) is 4.31 Å². The molecule has 1 fully saturated rings. The smallest absolute Gasteiger partial charge is 0.337 e. The Balaban J connectivity index is 1.97. The molecule has 1 aromatic rings. The zero-order valence-electron chi connectivity index (χ0n) is 14.9. The summed E-state index contributed by atoms with van der Waals surface area (Å²) < 4.78 is 35.4. The molecule has 1 aliphatic heterocycles. The number of carbonyl (C=O) groups is 2. The van der Waals surface area contributed by atoms with Crippen molar-refractivity contribution in [1.29, 1.82) is 0 Å². The van der Waals surface area contributed by atoms with Crippen LogP contribution in [0, 0.1) is 5.92 Å². The zero-order chi connectivity index (χ0) is 19.2. The van der Waals surface area contributed by atoms with Crippen LogP contribution in [0.1, 0.15) is 23.2 Å². The molecular weight excluding hydrogens is 360 g/mol. The van der Waals surface area contributed by atoms with Crippen LogP contribution >= 0.6 is 0 Å². The minimum absolute atomic E-state index is 0.0904. The summed E-state index contributed by atoms with van der Waals surface area (Å²) in [4.78, 5) is 23.9. The Morgan fingerprint density at radius 1 is 1.23 bits per heavy atom. The third-order valence-corrected chi connectivity index (χ3v) is 6.07. The molecule has 1 unspecified atom stereocenters. The maximum Gasteiger partial charge on any atom is 0.337 e. The molecule has 2 rings (SSSR count). The highest BCUT2D eigenvalue weighted by atomic mass is 32.2. The molecule has 0 radical (unpaired) electrons. The van der Waals surface area contributed by atoms with Crippen molar-refractivity contribution in [2.75, 3.05) is 45.0 Å². The molecule has 9 heteroatoms. The van der Waals surface area contributed by atoms with Gasteiger partial charge in [-0.2, -0.15) is 0 Å². The van der Waals surface area contributed by atoms with Gasteiger partial charge in [0.05, 0.1) is 31.0 Å². The quantitative estimate of drug-likeness (QED) is 0.707. The third-order valence-electron chi connectivity index (χ3n) is 4.27. The minimum atomic E-state index is -3.43. The molecule has 8 nitrogen and oxygen atoms in total. The monoisotopic (exact) mass is 384 g/mol. The number of rotatable bonds is 7. The molecule has 1 atom stereocenters. The number of nitrogens with one attached hydrogen (secondary N) is 1. The minimum Gasteiger partial charge on any atom is -0.465 e. The second-order valence-corrected chi connectivity index (χ2v) is 8.15. The van der Waals surface area contributed by atoms with Crippen LogP contribution < -0.4 is 5.32 Å². The molecule has 1 aromatic carbocycles. The second-order valence-electron chi connectivity index (χ2n) is 6.06. The van der Waals surface area contributed by atoms with E-state index < -0.39 is 21.9 Å².